The second-order valence-corrected chi connectivity index (χ2v) is 6.63. The minimum atomic E-state index is 0.504. The van der Waals surface area contributed by atoms with Crippen LogP contribution in [0.5, 0.6) is 0 Å². The van der Waals surface area contributed by atoms with E-state index in [1.165, 1.54) is 41.6 Å². The molecule has 0 bridgehead atoms. The van der Waals surface area contributed by atoms with E-state index in [0.29, 0.717) is 6.04 Å². The molecule has 0 spiro atoms. The van der Waals surface area contributed by atoms with Gasteiger partial charge in [0.05, 0.1) is 0 Å². The summed E-state index contributed by atoms with van der Waals surface area (Å²) in [5, 5.41) is 3.50. The summed E-state index contributed by atoms with van der Waals surface area (Å²) < 4.78 is 1.31. The van der Waals surface area contributed by atoms with Crippen molar-refractivity contribution in [3.63, 3.8) is 0 Å². The van der Waals surface area contributed by atoms with E-state index in [0.717, 1.165) is 5.92 Å². The van der Waals surface area contributed by atoms with E-state index in [-0.39, 0.29) is 0 Å². The molecule has 2 atom stereocenters. The average molecular weight is 358 g/mol. The summed E-state index contributed by atoms with van der Waals surface area (Å²) in [4.78, 5) is 2.49. The quantitative estimate of drug-likeness (QED) is 0.831. The fourth-order valence-electron chi connectivity index (χ4n) is 2.64. The Morgan fingerprint density at radius 1 is 1.39 bits per heavy atom. The molecule has 0 aromatic heterocycles. The minimum absolute atomic E-state index is 0.504. The molecule has 1 aromatic rings. The van der Waals surface area contributed by atoms with Crippen LogP contribution in [0, 0.1) is 9.49 Å². The molecule has 0 amide bonds. The highest BCUT2D eigenvalue weighted by atomic mass is 127. The molecule has 0 radical (unpaired) electrons. The number of benzene rings is 1. The van der Waals surface area contributed by atoms with Gasteiger partial charge in [-0.05, 0) is 86.1 Å². The molecule has 1 aliphatic heterocycles. The molecule has 3 heteroatoms. The Bertz CT molecular complexity index is 357. The van der Waals surface area contributed by atoms with Crippen LogP contribution in [0.4, 0.5) is 0 Å². The Morgan fingerprint density at radius 2 is 2.11 bits per heavy atom. The summed E-state index contributed by atoms with van der Waals surface area (Å²) in [5.74, 6) is 0.815. The van der Waals surface area contributed by atoms with Gasteiger partial charge in [0.2, 0.25) is 0 Å². The Labute approximate surface area is 124 Å². The number of hydrogen-bond donors (Lipinski definition) is 1. The van der Waals surface area contributed by atoms with Gasteiger partial charge in [0.25, 0.3) is 0 Å². The van der Waals surface area contributed by atoms with Crippen molar-refractivity contribution in [1.29, 1.82) is 0 Å². The number of rotatable bonds is 4. The van der Waals surface area contributed by atoms with Crippen LogP contribution in [0.2, 0.25) is 0 Å². The number of halogens is 1. The van der Waals surface area contributed by atoms with Crippen molar-refractivity contribution in [1.82, 2.24) is 10.2 Å². The maximum atomic E-state index is 3.50. The molecule has 1 heterocycles. The molecule has 2 unspecified atom stereocenters. The van der Waals surface area contributed by atoms with Gasteiger partial charge in [-0.3, -0.25) is 4.90 Å². The van der Waals surface area contributed by atoms with Crippen LogP contribution in [0.25, 0.3) is 0 Å². The second-order valence-electron chi connectivity index (χ2n) is 5.38. The molecule has 1 aromatic carbocycles. The molecule has 1 fully saturated rings. The number of piperidine rings is 1. The molecule has 0 saturated carbocycles. The third kappa shape index (κ3) is 3.93. The molecule has 100 valence electrons. The van der Waals surface area contributed by atoms with Gasteiger partial charge in [-0.25, -0.2) is 0 Å². The molecule has 1 aliphatic rings. The SMILES string of the molecule is CC(c1ccc(I)cc1)N(C)CC1CCCNC1. The van der Waals surface area contributed by atoms with Crippen molar-refractivity contribution in [2.24, 2.45) is 5.92 Å². The summed E-state index contributed by atoms with van der Waals surface area (Å²) in [6, 6.07) is 9.40. The van der Waals surface area contributed by atoms with E-state index in [1.807, 2.05) is 0 Å². The lowest BCUT2D eigenvalue weighted by atomic mass is 9.98. The number of nitrogens with one attached hydrogen (secondary N) is 1. The van der Waals surface area contributed by atoms with Crippen molar-refractivity contribution < 1.29 is 0 Å². The summed E-state index contributed by atoms with van der Waals surface area (Å²) in [7, 11) is 2.25. The van der Waals surface area contributed by atoms with E-state index in [2.05, 4.69) is 71.0 Å². The maximum Gasteiger partial charge on any atom is 0.0316 e. The van der Waals surface area contributed by atoms with E-state index in [9.17, 15) is 0 Å². The maximum absolute atomic E-state index is 3.50. The first-order valence-electron chi connectivity index (χ1n) is 6.83. The monoisotopic (exact) mass is 358 g/mol. The van der Waals surface area contributed by atoms with E-state index in [1.54, 1.807) is 0 Å². The number of hydrogen-bond acceptors (Lipinski definition) is 2. The second kappa shape index (κ2) is 6.87. The lowest BCUT2D eigenvalue weighted by Crippen LogP contribution is -2.37. The van der Waals surface area contributed by atoms with Crippen molar-refractivity contribution in [3.8, 4) is 0 Å². The molecule has 2 rings (SSSR count). The van der Waals surface area contributed by atoms with Crippen LogP contribution in [-0.2, 0) is 0 Å². The molecular weight excluding hydrogens is 335 g/mol. The predicted molar refractivity (Wildman–Crippen MR) is 85.8 cm³/mol. The van der Waals surface area contributed by atoms with Crippen LogP contribution in [0.1, 0.15) is 31.4 Å². The van der Waals surface area contributed by atoms with Crippen molar-refractivity contribution in [3.05, 3.63) is 33.4 Å². The van der Waals surface area contributed by atoms with Crippen LogP contribution in [0.15, 0.2) is 24.3 Å². The lowest BCUT2D eigenvalue weighted by Gasteiger charge is -2.31. The minimum Gasteiger partial charge on any atom is -0.316 e. The van der Waals surface area contributed by atoms with Gasteiger partial charge in [0, 0.05) is 16.2 Å². The van der Waals surface area contributed by atoms with E-state index >= 15 is 0 Å². The zero-order valence-electron chi connectivity index (χ0n) is 11.3. The van der Waals surface area contributed by atoms with Crippen LogP contribution in [-0.4, -0.2) is 31.6 Å². The standard InChI is InChI=1S/C15H23IN2/c1-12(14-5-7-15(16)8-6-14)18(2)11-13-4-3-9-17-10-13/h5-8,12-13,17H,3-4,9-11H2,1-2H3. The Hall–Kier alpha value is -0.130. The first-order chi connectivity index (χ1) is 8.66. The summed E-state index contributed by atoms with van der Waals surface area (Å²) in [6.45, 7) is 5.88. The summed E-state index contributed by atoms with van der Waals surface area (Å²) >= 11 is 2.36. The van der Waals surface area contributed by atoms with Gasteiger partial charge >= 0.3 is 0 Å². The highest BCUT2D eigenvalue weighted by molar-refractivity contribution is 14.1. The van der Waals surface area contributed by atoms with Crippen molar-refractivity contribution >= 4 is 22.6 Å². The zero-order chi connectivity index (χ0) is 13.0. The van der Waals surface area contributed by atoms with Crippen LogP contribution >= 0.6 is 22.6 Å². The highest BCUT2D eigenvalue weighted by Crippen LogP contribution is 2.22. The van der Waals surface area contributed by atoms with Gasteiger partial charge in [0.15, 0.2) is 0 Å². The Morgan fingerprint density at radius 3 is 2.72 bits per heavy atom. The Balaban J connectivity index is 1.91. The first-order valence-corrected chi connectivity index (χ1v) is 7.91. The molecular formula is C15H23IN2. The van der Waals surface area contributed by atoms with Gasteiger partial charge in [0.1, 0.15) is 0 Å². The molecule has 1 N–H and O–H groups in total. The molecule has 2 nitrogen and oxygen atoms in total. The predicted octanol–water partition coefficient (Wildman–Crippen LogP) is 3.28. The summed E-state index contributed by atoms with van der Waals surface area (Å²) in [5.41, 5.74) is 1.42. The fourth-order valence-corrected chi connectivity index (χ4v) is 3.00. The largest absolute Gasteiger partial charge is 0.316 e. The number of nitrogens with zero attached hydrogens (tertiary/aromatic N) is 1. The summed E-state index contributed by atoms with van der Waals surface area (Å²) in [6.07, 6.45) is 2.70. The molecule has 18 heavy (non-hydrogen) atoms. The van der Waals surface area contributed by atoms with E-state index < -0.39 is 0 Å². The fraction of sp³-hybridized carbons (Fsp3) is 0.600. The van der Waals surface area contributed by atoms with Crippen LogP contribution in [0.3, 0.4) is 0 Å². The third-order valence-electron chi connectivity index (χ3n) is 3.96. The van der Waals surface area contributed by atoms with Gasteiger partial charge in [-0.2, -0.15) is 0 Å². The zero-order valence-corrected chi connectivity index (χ0v) is 13.5. The Kier molecular flexibility index (Phi) is 5.45. The smallest absolute Gasteiger partial charge is 0.0316 e. The van der Waals surface area contributed by atoms with E-state index in [4.69, 9.17) is 0 Å². The highest BCUT2D eigenvalue weighted by Gasteiger charge is 2.18. The lowest BCUT2D eigenvalue weighted by molar-refractivity contribution is 0.199. The van der Waals surface area contributed by atoms with Crippen molar-refractivity contribution in [2.45, 2.75) is 25.8 Å². The van der Waals surface area contributed by atoms with Gasteiger partial charge in [-0.15, -0.1) is 0 Å². The van der Waals surface area contributed by atoms with Crippen LogP contribution < -0.4 is 5.32 Å². The van der Waals surface area contributed by atoms with Gasteiger partial charge in [-0.1, -0.05) is 12.1 Å². The first kappa shape index (κ1) is 14.3. The molecule has 1 saturated heterocycles. The topological polar surface area (TPSA) is 15.3 Å². The van der Waals surface area contributed by atoms with Crippen molar-refractivity contribution in [2.75, 3.05) is 26.7 Å². The normalized spacial score (nSPS) is 22.1. The molecule has 0 aliphatic carbocycles. The van der Waals surface area contributed by atoms with Gasteiger partial charge < -0.3 is 5.32 Å². The average Bonchev–Trinajstić information content (AvgIpc) is 2.40. The third-order valence-corrected chi connectivity index (χ3v) is 4.68.